The first-order valence-electron chi connectivity index (χ1n) is 9.02. The molecule has 140 valence electrons. The maximum atomic E-state index is 13.1. The van der Waals surface area contributed by atoms with E-state index in [2.05, 4.69) is 14.7 Å². The lowest BCUT2D eigenvalue weighted by atomic mass is 9.95. The highest BCUT2D eigenvalue weighted by Gasteiger charge is 2.18. The van der Waals surface area contributed by atoms with E-state index in [-0.39, 0.29) is 29.9 Å². The number of halogens is 1. The van der Waals surface area contributed by atoms with Crippen LogP contribution in [0.5, 0.6) is 0 Å². The number of carbonyl (C=O) groups excluding carboxylic acids is 1. The van der Waals surface area contributed by atoms with Gasteiger partial charge in [0.15, 0.2) is 0 Å². The van der Waals surface area contributed by atoms with Crippen LogP contribution in [0.25, 0.3) is 21.5 Å². The number of hydrogen-bond donors (Lipinski definition) is 1. The standard InChI is InChI=1S/C19H19FN4O2S/c20-13-8-6-12(7-9-13)16-17-18(27-23-16)19(26)24(11-21-17)10-15(25)22-14-4-2-1-3-5-14/h6-9,11,14H,1-5,10H2,(H,22,25). The Morgan fingerprint density at radius 1 is 1.22 bits per heavy atom. The van der Waals surface area contributed by atoms with Gasteiger partial charge in [-0.2, -0.15) is 4.37 Å². The molecular weight excluding hydrogens is 367 g/mol. The van der Waals surface area contributed by atoms with Crippen molar-refractivity contribution < 1.29 is 9.18 Å². The summed E-state index contributed by atoms with van der Waals surface area (Å²) in [5, 5.41) is 3.00. The number of aromatic nitrogens is 3. The quantitative estimate of drug-likeness (QED) is 0.747. The topological polar surface area (TPSA) is 76.9 Å². The molecule has 1 fully saturated rings. The van der Waals surface area contributed by atoms with Crippen molar-refractivity contribution in [3.63, 3.8) is 0 Å². The van der Waals surface area contributed by atoms with Crippen LogP contribution in [-0.2, 0) is 11.3 Å². The SMILES string of the molecule is O=C(Cn1cnc2c(-c3ccc(F)cc3)nsc2c1=O)NC1CCCCC1. The zero-order chi connectivity index (χ0) is 18.8. The van der Waals surface area contributed by atoms with Crippen molar-refractivity contribution in [3.05, 3.63) is 46.8 Å². The van der Waals surface area contributed by atoms with Crippen LogP contribution < -0.4 is 10.9 Å². The molecule has 0 aliphatic heterocycles. The fourth-order valence-corrected chi connectivity index (χ4v) is 4.25. The van der Waals surface area contributed by atoms with Crippen molar-refractivity contribution in [2.45, 2.75) is 44.7 Å². The third kappa shape index (κ3) is 3.75. The van der Waals surface area contributed by atoms with Gasteiger partial charge in [0.25, 0.3) is 5.56 Å². The van der Waals surface area contributed by atoms with Crippen molar-refractivity contribution in [3.8, 4) is 11.3 Å². The molecule has 0 bridgehead atoms. The monoisotopic (exact) mass is 386 g/mol. The van der Waals surface area contributed by atoms with E-state index in [1.807, 2.05) is 0 Å². The third-order valence-electron chi connectivity index (χ3n) is 4.85. The van der Waals surface area contributed by atoms with Gasteiger partial charge in [0.2, 0.25) is 5.91 Å². The summed E-state index contributed by atoms with van der Waals surface area (Å²) in [6, 6.07) is 6.10. The Hall–Kier alpha value is -2.61. The minimum Gasteiger partial charge on any atom is -0.352 e. The molecule has 6 nitrogen and oxygen atoms in total. The Balaban J connectivity index is 1.56. The predicted octanol–water partition coefficient (Wildman–Crippen LogP) is 3.11. The van der Waals surface area contributed by atoms with Gasteiger partial charge >= 0.3 is 0 Å². The highest BCUT2D eigenvalue weighted by Crippen LogP contribution is 2.27. The number of fused-ring (bicyclic) bond motifs is 1. The lowest BCUT2D eigenvalue weighted by molar-refractivity contribution is -0.122. The maximum Gasteiger partial charge on any atom is 0.273 e. The van der Waals surface area contributed by atoms with Gasteiger partial charge in [-0.1, -0.05) is 19.3 Å². The van der Waals surface area contributed by atoms with Crippen LogP contribution in [0, 0.1) is 5.82 Å². The molecule has 0 atom stereocenters. The van der Waals surface area contributed by atoms with E-state index in [9.17, 15) is 14.0 Å². The van der Waals surface area contributed by atoms with Crippen LogP contribution in [0.15, 0.2) is 35.4 Å². The molecule has 0 saturated heterocycles. The molecule has 1 amide bonds. The van der Waals surface area contributed by atoms with Gasteiger partial charge in [0.1, 0.15) is 28.3 Å². The zero-order valence-corrected chi connectivity index (χ0v) is 15.5. The third-order valence-corrected chi connectivity index (χ3v) is 5.68. The molecule has 2 aromatic heterocycles. The van der Waals surface area contributed by atoms with E-state index in [1.54, 1.807) is 12.1 Å². The van der Waals surface area contributed by atoms with E-state index in [0.717, 1.165) is 37.2 Å². The largest absolute Gasteiger partial charge is 0.352 e. The van der Waals surface area contributed by atoms with E-state index in [0.29, 0.717) is 21.5 Å². The average Bonchev–Trinajstić information content (AvgIpc) is 3.10. The van der Waals surface area contributed by atoms with Crippen molar-refractivity contribution >= 4 is 27.7 Å². The van der Waals surface area contributed by atoms with E-state index < -0.39 is 0 Å². The lowest BCUT2D eigenvalue weighted by Gasteiger charge is -2.22. The van der Waals surface area contributed by atoms with Crippen LogP contribution in [0.3, 0.4) is 0 Å². The summed E-state index contributed by atoms with van der Waals surface area (Å²) in [5.41, 5.74) is 1.43. The summed E-state index contributed by atoms with van der Waals surface area (Å²) in [5.74, 6) is -0.508. The molecule has 4 rings (SSSR count). The Kier molecular flexibility index (Phi) is 4.98. The van der Waals surface area contributed by atoms with Crippen LogP contribution in [-0.4, -0.2) is 25.9 Å². The first-order chi connectivity index (χ1) is 13.1. The number of rotatable bonds is 4. The molecular formula is C19H19FN4O2S. The van der Waals surface area contributed by atoms with Crippen LogP contribution in [0.2, 0.25) is 0 Å². The number of nitrogens with zero attached hydrogens (tertiary/aromatic N) is 3. The van der Waals surface area contributed by atoms with E-state index in [1.165, 1.54) is 29.4 Å². The van der Waals surface area contributed by atoms with Crippen LogP contribution >= 0.6 is 11.5 Å². The molecule has 0 radical (unpaired) electrons. The minimum absolute atomic E-state index is 0.0535. The highest BCUT2D eigenvalue weighted by atomic mass is 32.1. The summed E-state index contributed by atoms with van der Waals surface area (Å²) < 4.78 is 19.1. The number of benzene rings is 1. The van der Waals surface area contributed by atoms with Crippen molar-refractivity contribution in [2.24, 2.45) is 0 Å². The molecule has 1 aliphatic carbocycles. The van der Waals surface area contributed by atoms with Gasteiger partial charge in [0.05, 0.1) is 6.33 Å². The number of nitrogens with one attached hydrogen (secondary N) is 1. The maximum absolute atomic E-state index is 13.1. The first-order valence-corrected chi connectivity index (χ1v) is 9.79. The summed E-state index contributed by atoms with van der Waals surface area (Å²) in [6.45, 7) is -0.0535. The van der Waals surface area contributed by atoms with Crippen molar-refractivity contribution in [1.82, 2.24) is 19.2 Å². The average molecular weight is 386 g/mol. The Morgan fingerprint density at radius 3 is 2.70 bits per heavy atom. The van der Waals surface area contributed by atoms with E-state index >= 15 is 0 Å². The second-order valence-corrected chi connectivity index (χ2v) is 7.57. The fourth-order valence-electron chi connectivity index (χ4n) is 3.44. The van der Waals surface area contributed by atoms with Gasteiger partial charge in [-0.3, -0.25) is 14.2 Å². The smallest absolute Gasteiger partial charge is 0.273 e. The Morgan fingerprint density at radius 2 is 1.96 bits per heavy atom. The molecule has 0 unspecified atom stereocenters. The molecule has 8 heteroatoms. The van der Waals surface area contributed by atoms with Gasteiger partial charge in [0, 0.05) is 11.6 Å². The van der Waals surface area contributed by atoms with Gasteiger partial charge in [-0.25, -0.2) is 9.37 Å². The molecule has 1 aromatic carbocycles. The van der Waals surface area contributed by atoms with Crippen molar-refractivity contribution in [2.75, 3.05) is 0 Å². The summed E-state index contributed by atoms with van der Waals surface area (Å²) in [6.07, 6.45) is 6.85. The van der Waals surface area contributed by atoms with Gasteiger partial charge in [-0.15, -0.1) is 0 Å². The molecule has 0 spiro atoms. The van der Waals surface area contributed by atoms with E-state index in [4.69, 9.17) is 0 Å². The Labute approximate surface area is 159 Å². The highest BCUT2D eigenvalue weighted by molar-refractivity contribution is 7.13. The second kappa shape index (κ2) is 7.56. The zero-order valence-electron chi connectivity index (χ0n) is 14.7. The summed E-state index contributed by atoms with van der Waals surface area (Å²) >= 11 is 1.05. The summed E-state index contributed by atoms with van der Waals surface area (Å²) in [7, 11) is 0. The van der Waals surface area contributed by atoms with Gasteiger partial charge in [-0.05, 0) is 48.6 Å². The van der Waals surface area contributed by atoms with Crippen LogP contribution in [0.4, 0.5) is 4.39 Å². The molecule has 1 saturated carbocycles. The lowest BCUT2D eigenvalue weighted by Crippen LogP contribution is -2.39. The fraction of sp³-hybridized carbons (Fsp3) is 0.368. The van der Waals surface area contributed by atoms with Gasteiger partial charge < -0.3 is 5.32 Å². The molecule has 27 heavy (non-hydrogen) atoms. The minimum atomic E-state index is -0.336. The van der Waals surface area contributed by atoms with Crippen LogP contribution in [0.1, 0.15) is 32.1 Å². The van der Waals surface area contributed by atoms with Crippen molar-refractivity contribution in [1.29, 1.82) is 0 Å². The second-order valence-electron chi connectivity index (χ2n) is 6.80. The molecule has 1 N–H and O–H groups in total. The normalized spacial score (nSPS) is 15.1. The molecule has 2 heterocycles. The number of hydrogen-bond acceptors (Lipinski definition) is 5. The number of amides is 1. The first kappa shape index (κ1) is 17.8. The number of carbonyl (C=O) groups is 1. The summed E-state index contributed by atoms with van der Waals surface area (Å²) in [4.78, 5) is 29.3. The predicted molar refractivity (Wildman–Crippen MR) is 102 cm³/mol. The molecule has 3 aromatic rings. The Bertz CT molecular complexity index is 1020. The molecule has 1 aliphatic rings.